The van der Waals surface area contributed by atoms with E-state index < -0.39 is 5.54 Å². The summed E-state index contributed by atoms with van der Waals surface area (Å²) < 4.78 is 5.17. The van der Waals surface area contributed by atoms with Crippen molar-refractivity contribution in [1.82, 2.24) is 0 Å². The zero-order valence-electron chi connectivity index (χ0n) is 8.08. The van der Waals surface area contributed by atoms with Crippen LogP contribution in [0.15, 0.2) is 0 Å². The van der Waals surface area contributed by atoms with Crippen molar-refractivity contribution in [2.45, 2.75) is 38.1 Å². The summed E-state index contributed by atoms with van der Waals surface area (Å²) in [6.45, 7) is 2.37. The highest BCUT2D eigenvalue weighted by molar-refractivity contribution is 5.81. The molecular formula is C10H17NO2. The lowest BCUT2D eigenvalue weighted by Gasteiger charge is -2.21. The van der Waals surface area contributed by atoms with E-state index >= 15 is 0 Å². The molecule has 2 aliphatic rings. The fourth-order valence-electron chi connectivity index (χ4n) is 1.48. The second kappa shape index (κ2) is 2.98. The van der Waals surface area contributed by atoms with Crippen LogP contribution in [0, 0.1) is 11.8 Å². The van der Waals surface area contributed by atoms with Crippen molar-refractivity contribution >= 4 is 5.97 Å². The first kappa shape index (κ1) is 9.00. The van der Waals surface area contributed by atoms with Crippen LogP contribution < -0.4 is 5.73 Å². The molecule has 0 aromatic carbocycles. The first-order valence-corrected chi connectivity index (χ1v) is 5.07. The second-order valence-electron chi connectivity index (χ2n) is 4.60. The Bertz CT molecular complexity index is 217. The van der Waals surface area contributed by atoms with Gasteiger partial charge in [0.15, 0.2) is 0 Å². The maximum atomic E-state index is 11.5. The van der Waals surface area contributed by atoms with Crippen molar-refractivity contribution in [2.75, 3.05) is 6.61 Å². The highest BCUT2D eigenvalue weighted by atomic mass is 16.5. The lowest BCUT2D eigenvalue weighted by molar-refractivity contribution is -0.150. The molecule has 0 bridgehead atoms. The Labute approximate surface area is 78.6 Å². The average molecular weight is 183 g/mol. The SMILES string of the molecule is CC(N)(C(=O)OCC1CC1)C1CC1. The summed E-state index contributed by atoms with van der Waals surface area (Å²) in [5, 5.41) is 0. The van der Waals surface area contributed by atoms with Gasteiger partial charge in [0.05, 0.1) is 6.61 Å². The molecular weight excluding hydrogens is 166 g/mol. The van der Waals surface area contributed by atoms with E-state index in [0.29, 0.717) is 18.4 Å². The number of hydrogen-bond acceptors (Lipinski definition) is 3. The maximum Gasteiger partial charge on any atom is 0.326 e. The summed E-state index contributed by atoms with van der Waals surface area (Å²) in [6, 6.07) is 0. The molecule has 0 spiro atoms. The molecule has 2 aliphatic carbocycles. The number of carbonyl (C=O) groups excluding carboxylic acids is 1. The number of nitrogens with two attached hydrogens (primary N) is 1. The molecule has 0 saturated heterocycles. The van der Waals surface area contributed by atoms with Gasteiger partial charge in [-0.1, -0.05) is 0 Å². The van der Waals surface area contributed by atoms with Gasteiger partial charge in [0, 0.05) is 0 Å². The summed E-state index contributed by atoms with van der Waals surface area (Å²) in [5.74, 6) is 0.778. The predicted molar refractivity (Wildman–Crippen MR) is 49.0 cm³/mol. The molecule has 0 heterocycles. The largest absolute Gasteiger partial charge is 0.464 e. The minimum absolute atomic E-state index is 0.207. The van der Waals surface area contributed by atoms with Crippen molar-refractivity contribution in [3.05, 3.63) is 0 Å². The molecule has 0 radical (unpaired) electrons. The Balaban J connectivity index is 1.79. The van der Waals surface area contributed by atoms with E-state index in [4.69, 9.17) is 10.5 Å². The minimum atomic E-state index is -0.727. The normalized spacial score (nSPS) is 26.6. The molecule has 13 heavy (non-hydrogen) atoms. The fraction of sp³-hybridized carbons (Fsp3) is 0.900. The lowest BCUT2D eigenvalue weighted by atomic mass is 9.98. The molecule has 0 amide bonds. The molecule has 1 unspecified atom stereocenters. The standard InChI is InChI=1S/C10H17NO2/c1-10(11,8-4-5-8)9(12)13-6-7-2-3-7/h7-8H,2-6,11H2,1H3. The molecule has 2 fully saturated rings. The van der Waals surface area contributed by atoms with Gasteiger partial charge >= 0.3 is 5.97 Å². The zero-order valence-corrected chi connectivity index (χ0v) is 8.08. The molecule has 1 atom stereocenters. The van der Waals surface area contributed by atoms with E-state index in [1.807, 2.05) is 0 Å². The lowest BCUT2D eigenvalue weighted by Crippen LogP contribution is -2.48. The number of rotatable bonds is 4. The van der Waals surface area contributed by atoms with Crippen LogP contribution in [-0.2, 0) is 9.53 Å². The Morgan fingerprint density at radius 1 is 1.46 bits per heavy atom. The maximum absolute atomic E-state index is 11.5. The summed E-state index contributed by atoms with van der Waals surface area (Å²) >= 11 is 0. The molecule has 3 nitrogen and oxygen atoms in total. The highest BCUT2D eigenvalue weighted by Gasteiger charge is 2.45. The zero-order chi connectivity index (χ0) is 9.47. The number of hydrogen-bond donors (Lipinski definition) is 1. The van der Waals surface area contributed by atoms with Gasteiger partial charge in [0.1, 0.15) is 5.54 Å². The van der Waals surface area contributed by atoms with Crippen molar-refractivity contribution < 1.29 is 9.53 Å². The van der Waals surface area contributed by atoms with E-state index in [-0.39, 0.29) is 5.97 Å². The van der Waals surface area contributed by atoms with Crippen LogP contribution in [0.25, 0.3) is 0 Å². The molecule has 2 saturated carbocycles. The van der Waals surface area contributed by atoms with Crippen LogP contribution in [0.3, 0.4) is 0 Å². The fourth-order valence-corrected chi connectivity index (χ4v) is 1.48. The molecule has 0 aliphatic heterocycles. The van der Waals surface area contributed by atoms with Crippen LogP contribution in [0.2, 0.25) is 0 Å². The van der Waals surface area contributed by atoms with E-state index in [1.54, 1.807) is 6.92 Å². The Hall–Kier alpha value is -0.570. The van der Waals surface area contributed by atoms with Gasteiger partial charge in [-0.25, -0.2) is 0 Å². The molecule has 74 valence electrons. The first-order chi connectivity index (χ1) is 6.10. The van der Waals surface area contributed by atoms with Crippen molar-refractivity contribution in [3.8, 4) is 0 Å². The topological polar surface area (TPSA) is 52.3 Å². The predicted octanol–water partition coefficient (Wildman–Crippen LogP) is 1.07. The van der Waals surface area contributed by atoms with E-state index in [0.717, 1.165) is 12.8 Å². The van der Waals surface area contributed by atoms with Gasteiger partial charge in [-0.3, -0.25) is 4.79 Å². The first-order valence-electron chi connectivity index (χ1n) is 5.07. The van der Waals surface area contributed by atoms with Crippen LogP contribution in [0.1, 0.15) is 32.6 Å². The number of carbonyl (C=O) groups is 1. The third-order valence-electron chi connectivity index (χ3n) is 3.01. The molecule has 2 rings (SSSR count). The summed E-state index contributed by atoms with van der Waals surface area (Å²) in [4.78, 5) is 11.5. The quantitative estimate of drug-likeness (QED) is 0.663. The Kier molecular flexibility index (Phi) is 2.06. The summed E-state index contributed by atoms with van der Waals surface area (Å²) in [6.07, 6.45) is 4.56. The van der Waals surface area contributed by atoms with Crippen LogP contribution >= 0.6 is 0 Å². The van der Waals surface area contributed by atoms with E-state index in [2.05, 4.69) is 0 Å². The van der Waals surface area contributed by atoms with Gasteiger partial charge < -0.3 is 10.5 Å². The van der Waals surface area contributed by atoms with Gasteiger partial charge in [-0.05, 0) is 44.4 Å². The molecule has 3 heteroatoms. The van der Waals surface area contributed by atoms with E-state index in [1.165, 1.54) is 12.8 Å². The Morgan fingerprint density at radius 3 is 2.54 bits per heavy atom. The highest BCUT2D eigenvalue weighted by Crippen LogP contribution is 2.39. The molecule has 2 N–H and O–H groups in total. The third-order valence-corrected chi connectivity index (χ3v) is 3.01. The average Bonchev–Trinajstić information content (AvgIpc) is 2.87. The van der Waals surface area contributed by atoms with Crippen molar-refractivity contribution in [2.24, 2.45) is 17.6 Å². The van der Waals surface area contributed by atoms with Gasteiger partial charge in [0.25, 0.3) is 0 Å². The number of esters is 1. The van der Waals surface area contributed by atoms with Gasteiger partial charge in [-0.15, -0.1) is 0 Å². The minimum Gasteiger partial charge on any atom is -0.464 e. The third kappa shape index (κ3) is 2.02. The van der Waals surface area contributed by atoms with Gasteiger partial charge in [0.2, 0.25) is 0 Å². The van der Waals surface area contributed by atoms with Crippen molar-refractivity contribution in [1.29, 1.82) is 0 Å². The Morgan fingerprint density at radius 2 is 2.08 bits per heavy atom. The number of ether oxygens (including phenoxy) is 1. The monoisotopic (exact) mass is 183 g/mol. The van der Waals surface area contributed by atoms with Gasteiger partial charge in [-0.2, -0.15) is 0 Å². The summed E-state index contributed by atoms with van der Waals surface area (Å²) in [5.41, 5.74) is 5.17. The molecule has 0 aromatic rings. The summed E-state index contributed by atoms with van der Waals surface area (Å²) in [7, 11) is 0. The molecule has 0 aromatic heterocycles. The van der Waals surface area contributed by atoms with Crippen LogP contribution in [0.4, 0.5) is 0 Å². The van der Waals surface area contributed by atoms with Crippen LogP contribution in [-0.4, -0.2) is 18.1 Å². The van der Waals surface area contributed by atoms with Crippen LogP contribution in [0.5, 0.6) is 0 Å². The smallest absolute Gasteiger partial charge is 0.326 e. The van der Waals surface area contributed by atoms with Crippen molar-refractivity contribution in [3.63, 3.8) is 0 Å². The van der Waals surface area contributed by atoms with E-state index in [9.17, 15) is 4.79 Å². The second-order valence-corrected chi connectivity index (χ2v) is 4.60.